The summed E-state index contributed by atoms with van der Waals surface area (Å²) < 4.78 is 27.0. The Labute approximate surface area is 138 Å². The van der Waals surface area contributed by atoms with Crippen LogP contribution >= 0.6 is 0 Å². The first-order valence-electron chi connectivity index (χ1n) is 6.97. The number of benzene rings is 2. The van der Waals surface area contributed by atoms with E-state index in [2.05, 4.69) is 4.72 Å². The average molecular weight is 345 g/mol. The van der Waals surface area contributed by atoms with Gasteiger partial charge >= 0.3 is 5.97 Å². The molecule has 1 heterocycles. The molecule has 3 rings (SSSR count). The highest BCUT2D eigenvalue weighted by molar-refractivity contribution is 7.92. The van der Waals surface area contributed by atoms with E-state index in [9.17, 15) is 13.2 Å². The molecule has 0 spiro atoms. The number of nitrogens with one attached hydrogen (secondary N) is 1. The monoisotopic (exact) mass is 345 g/mol. The third-order valence-corrected chi connectivity index (χ3v) is 4.14. The molecule has 0 aliphatic rings. The summed E-state index contributed by atoms with van der Waals surface area (Å²) in [6.45, 7) is 0. The second-order valence-electron chi connectivity index (χ2n) is 5.41. The second-order valence-corrected chi connectivity index (χ2v) is 7.16. The van der Waals surface area contributed by atoms with Crippen LogP contribution in [0.25, 0.3) is 16.6 Å². The summed E-state index contributed by atoms with van der Waals surface area (Å²) in [5, 5.41) is 9.75. The van der Waals surface area contributed by atoms with Gasteiger partial charge in [0, 0.05) is 17.3 Å². The molecular weight excluding hydrogens is 330 g/mol. The zero-order chi connectivity index (χ0) is 17.5. The van der Waals surface area contributed by atoms with Gasteiger partial charge in [-0.1, -0.05) is 0 Å². The topological polar surface area (TPSA) is 114 Å². The SMILES string of the molecule is CS(=O)(=O)Nc1ccc2c(N)cn(-c3ccc(C(=O)O)cc3)c2c1. The van der Waals surface area contributed by atoms with E-state index in [1.54, 1.807) is 41.1 Å². The van der Waals surface area contributed by atoms with Crippen molar-refractivity contribution in [1.82, 2.24) is 4.57 Å². The van der Waals surface area contributed by atoms with Crippen molar-refractivity contribution < 1.29 is 18.3 Å². The van der Waals surface area contributed by atoms with Crippen molar-refractivity contribution in [3.05, 3.63) is 54.2 Å². The van der Waals surface area contributed by atoms with Crippen LogP contribution in [0.15, 0.2) is 48.7 Å². The van der Waals surface area contributed by atoms with Gasteiger partial charge in [0.05, 0.1) is 28.7 Å². The summed E-state index contributed by atoms with van der Waals surface area (Å²) in [7, 11) is -3.39. The molecular formula is C16H15N3O4S. The summed E-state index contributed by atoms with van der Waals surface area (Å²) in [5.74, 6) is -1.00. The maximum Gasteiger partial charge on any atom is 0.335 e. The van der Waals surface area contributed by atoms with E-state index in [1.165, 1.54) is 12.1 Å². The Hall–Kier alpha value is -3.00. The molecule has 0 atom stereocenters. The van der Waals surface area contributed by atoms with Crippen molar-refractivity contribution in [3.8, 4) is 5.69 Å². The van der Waals surface area contributed by atoms with Crippen LogP contribution in [-0.2, 0) is 10.0 Å². The fourth-order valence-corrected chi connectivity index (χ4v) is 3.06. The maximum absolute atomic E-state index is 11.4. The van der Waals surface area contributed by atoms with Gasteiger partial charge in [0.25, 0.3) is 0 Å². The number of hydrogen-bond donors (Lipinski definition) is 3. The second kappa shape index (κ2) is 5.57. The summed E-state index contributed by atoms with van der Waals surface area (Å²) in [6.07, 6.45) is 2.79. The van der Waals surface area contributed by atoms with E-state index in [0.29, 0.717) is 16.9 Å². The Morgan fingerprint density at radius 1 is 1.17 bits per heavy atom. The quantitative estimate of drug-likeness (QED) is 0.671. The number of aromatic carboxylic acids is 1. The Kier molecular flexibility index (Phi) is 3.69. The minimum Gasteiger partial charge on any atom is -0.478 e. The van der Waals surface area contributed by atoms with Crippen LogP contribution in [-0.4, -0.2) is 30.3 Å². The number of anilines is 2. The van der Waals surface area contributed by atoms with Crippen LogP contribution in [0.1, 0.15) is 10.4 Å². The Morgan fingerprint density at radius 2 is 1.83 bits per heavy atom. The minimum absolute atomic E-state index is 0.183. The number of fused-ring (bicyclic) bond motifs is 1. The van der Waals surface area contributed by atoms with Crippen LogP contribution in [0, 0.1) is 0 Å². The van der Waals surface area contributed by atoms with Crippen LogP contribution < -0.4 is 10.5 Å². The lowest BCUT2D eigenvalue weighted by Gasteiger charge is -2.08. The number of carboxylic acid groups (broad SMARTS) is 1. The highest BCUT2D eigenvalue weighted by Crippen LogP contribution is 2.29. The molecule has 1 aromatic heterocycles. The lowest BCUT2D eigenvalue weighted by atomic mass is 10.2. The summed E-state index contributed by atoms with van der Waals surface area (Å²) in [4.78, 5) is 11.0. The number of nitrogens with zero attached hydrogens (tertiary/aromatic N) is 1. The molecule has 0 fully saturated rings. The molecule has 0 unspecified atom stereocenters. The average Bonchev–Trinajstić information content (AvgIpc) is 2.82. The number of sulfonamides is 1. The van der Waals surface area contributed by atoms with Gasteiger partial charge in [-0.2, -0.15) is 0 Å². The highest BCUT2D eigenvalue weighted by Gasteiger charge is 2.11. The molecule has 24 heavy (non-hydrogen) atoms. The number of hydrogen-bond acceptors (Lipinski definition) is 4. The molecule has 0 aliphatic carbocycles. The van der Waals surface area contributed by atoms with E-state index in [1.807, 2.05) is 0 Å². The largest absolute Gasteiger partial charge is 0.478 e. The van der Waals surface area contributed by atoms with Gasteiger partial charge in [0.2, 0.25) is 10.0 Å². The number of rotatable bonds is 4. The smallest absolute Gasteiger partial charge is 0.335 e. The number of carboxylic acids is 1. The van der Waals surface area contributed by atoms with Crippen LogP contribution in [0.3, 0.4) is 0 Å². The third-order valence-electron chi connectivity index (χ3n) is 3.53. The molecule has 124 valence electrons. The first kappa shape index (κ1) is 15.9. The summed E-state index contributed by atoms with van der Waals surface area (Å²) in [6, 6.07) is 11.4. The van der Waals surface area contributed by atoms with Crippen molar-refractivity contribution in [3.63, 3.8) is 0 Å². The number of nitrogen functional groups attached to an aromatic ring is 1. The lowest BCUT2D eigenvalue weighted by Crippen LogP contribution is -2.09. The molecule has 0 aliphatic heterocycles. The molecule has 8 heteroatoms. The first-order chi connectivity index (χ1) is 11.2. The molecule has 0 radical (unpaired) electrons. The van der Waals surface area contributed by atoms with Crippen molar-refractivity contribution in [2.24, 2.45) is 0 Å². The van der Waals surface area contributed by atoms with Crippen molar-refractivity contribution in [1.29, 1.82) is 0 Å². The molecule has 7 nitrogen and oxygen atoms in total. The number of aromatic nitrogens is 1. The Bertz CT molecular complexity index is 1040. The Balaban J connectivity index is 2.13. The van der Waals surface area contributed by atoms with Gasteiger partial charge in [0.15, 0.2) is 0 Å². The predicted octanol–water partition coefficient (Wildman–Crippen LogP) is 2.28. The Morgan fingerprint density at radius 3 is 2.42 bits per heavy atom. The number of nitrogens with two attached hydrogens (primary N) is 1. The van der Waals surface area contributed by atoms with Gasteiger partial charge in [-0.3, -0.25) is 4.72 Å². The van der Waals surface area contributed by atoms with Gasteiger partial charge in [-0.15, -0.1) is 0 Å². The molecule has 0 saturated carbocycles. The highest BCUT2D eigenvalue weighted by atomic mass is 32.2. The van der Waals surface area contributed by atoms with Crippen molar-refractivity contribution >= 4 is 38.3 Å². The molecule has 0 saturated heterocycles. The minimum atomic E-state index is -3.39. The third kappa shape index (κ3) is 3.04. The standard InChI is InChI=1S/C16H15N3O4S/c1-24(22,23)18-11-4-7-13-14(17)9-19(15(13)8-11)12-5-2-10(3-6-12)16(20)21/h2-9,18H,17H2,1H3,(H,20,21). The maximum atomic E-state index is 11.4. The van der Waals surface area contributed by atoms with Crippen LogP contribution in [0.2, 0.25) is 0 Å². The molecule has 0 bridgehead atoms. The van der Waals surface area contributed by atoms with E-state index < -0.39 is 16.0 Å². The summed E-state index contributed by atoms with van der Waals surface area (Å²) >= 11 is 0. The normalized spacial score (nSPS) is 11.5. The summed E-state index contributed by atoms with van der Waals surface area (Å²) in [5.41, 5.74) is 8.59. The van der Waals surface area contributed by atoms with Crippen LogP contribution in [0.5, 0.6) is 0 Å². The first-order valence-corrected chi connectivity index (χ1v) is 8.86. The molecule has 4 N–H and O–H groups in total. The van der Waals surface area contributed by atoms with Gasteiger partial charge in [-0.25, -0.2) is 13.2 Å². The molecule has 2 aromatic carbocycles. The van der Waals surface area contributed by atoms with Crippen molar-refractivity contribution in [2.75, 3.05) is 16.7 Å². The fraction of sp³-hybridized carbons (Fsp3) is 0.0625. The van der Waals surface area contributed by atoms with E-state index in [0.717, 1.165) is 17.3 Å². The zero-order valence-corrected chi connectivity index (χ0v) is 13.5. The number of carbonyl (C=O) groups is 1. The predicted molar refractivity (Wildman–Crippen MR) is 93.1 cm³/mol. The fourth-order valence-electron chi connectivity index (χ4n) is 2.51. The zero-order valence-electron chi connectivity index (χ0n) is 12.7. The molecule has 0 amide bonds. The van der Waals surface area contributed by atoms with Crippen LogP contribution in [0.4, 0.5) is 11.4 Å². The van der Waals surface area contributed by atoms with Gasteiger partial charge in [0.1, 0.15) is 0 Å². The van der Waals surface area contributed by atoms with Gasteiger partial charge < -0.3 is 15.4 Å². The van der Waals surface area contributed by atoms with Gasteiger partial charge in [-0.05, 0) is 42.5 Å². The molecule has 3 aromatic rings. The van der Waals surface area contributed by atoms with E-state index in [-0.39, 0.29) is 5.56 Å². The lowest BCUT2D eigenvalue weighted by molar-refractivity contribution is 0.0697. The van der Waals surface area contributed by atoms with E-state index >= 15 is 0 Å². The van der Waals surface area contributed by atoms with Crippen molar-refractivity contribution in [2.45, 2.75) is 0 Å². The van der Waals surface area contributed by atoms with E-state index in [4.69, 9.17) is 10.8 Å².